The monoisotopic (exact) mass is 268 g/mol. The zero-order valence-corrected chi connectivity index (χ0v) is 11.9. The highest BCUT2D eigenvalue weighted by Crippen LogP contribution is 2.31. The van der Waals surface area contributed by atoms with Crippen LogP contribution in [0.1, 0.15) is 13.3 Å². The second kappa shape index (κ2) is 6.30. The molecule has 1 saturated heterocycles. The molecule has 0 N–H and O–H groups in total. The van der Waals surface area contributed by atoms with Gasteiger partial charge in [0.25, 0.3) is 0 Å². The van der Waals surface area contributed by atoms with E-state index in [2.05, 4.69) is 16.7 Å². The molecule has 0 aliphatic carbocycles. The molecule has 100 valence electrons. The van der Waals surface area contributed by atoms with Gasteiger partial charge in [0.2, 0.25) is 0 Å². The minimum Gasteiger partial charge on any atom is -0.495 e. The summed E-state index contributed by atoms with van der Waals surface area (Å²) in [6.07, 6.45) is 1.22. The molecule has 4 heteroatoms. The average Bonchev–Trinajstić information content (AvgIpc) is 2.40. The van der Waals surface area contributed by atoms with Crippen LogP contribution in [0.2, 0.25) is 5.02 Å². The van der Waals surface area contributed by atoms with E-state index in [0.717, 1.165) is 42.6 Å². The Kier molecular flexibility index (Phi) is 4.72. The van der Waals surface area contributed by atoms with Gasteiger partial charge in [-0.25, -0.2) is 0 Å². The third-order valence-corrected chi connectivity index (χ3v) is 3.63. The van der Waals surface area contributed by atoms with E-state index in [1.54, 1.807) is 7.11 Å². The number of piperazine rings is 1. The molecule has 0 aromatic heterocycles. The highest BCUT2D eigenvalue weighted by Gasteiger charge is 2.19. The van der Waals surface area contributed by atoms with Crippen LogP contribution in [0.3, 0.4) is 0 Å². The Morgan fingerprint density at radius 1 is 1.22 bits per heavy atom. The predicted molar refractivity (Wildman–Crippen MR) is 76.9 cm³/mol. The van der Waals surface area contributed by atoms with Gasteiger partial charge in [0.1, 0.15) is 5.75 Å². The third-order valence-electron chi connectivity index (χ3n) is 3.39. The minimum atomic E-state index is 0.766. The van der Waals surface area contributed by atoms with E-state index in [9.17, 15) is 0 Å². The number of hydrogen-bond acceptors (Lipinski definition) is 3. The molecule has 2 rings (SSSR count). The van der Waals surface area contributed by atoms with Gasteiger partial charge in [-0.3, -0.25) is 4.90 Å². The molecule has 0 atom stereocenters. The van der Waals surface area contributed by atoms with Gasteiger partial charge in [-0.15, -0.1) is 0 Å². The summed E-state index contributed by atoms with van der Waals surface area (Å²) in [7, 11) is 1.71. The molecule has 0 bridgehead atoms. The maximum atomic E-state index is 6.08. The highest BCUT2D eigenvalue weighted by molar-refractivity contribution is 6.30. The lowest BCUT2D eigenvalue weighted by Crippen LogP contribution is -2.46. The van der Waals surface area contributed by atoms with Crippen molar-refractivity contribution >= 4 is 17.3 Å². The summed E-state index contributed by atoms with van der Waals surface area (Å²) in [5, 5.41) is 0.766. The van der Waals surface area contributed by atoms with E-state index >= 15 is 0 Å². The number of halogens is 1. The number of hydrogen-bond donors (Lipinski definition) is 0. The van der Waals surface area contributed by atoms with Crippen LogP contribution >= 0.6 is 11.6 Å². The molecule has 0 spiro atoms. The van der Waals surface area contributed by atoms with Crippen molar-refractivity contribution in [2.45, 2.75) is 13.3 Å². The molecule has 0 unspecified atom stereocenters. The van der Waals surface area contributed by atoms with Crippen LogP contribution in [-0.2, 0) is 0 Å². The summed E-state index contributed by atoms with van der Waals surface area (Å²) < 4.78 is 5.41. The molecule has 18 heavy (non-hydrogen) atoms. The maximum absolute atomic E-state index is 6.08. The van der Waals surface area contributed by atoms with Crippen LogP contribution in [0.25, 0.3) is 0 Å². The number of anilines is 1. The molecule has 1 aliphatic rings. The molecule has 1 aromatic carbocycles. The molecule has 1 fully saturated rings. The molecule has 1 heterocycles. The second-order valence-corrected chi connectivity index (χ2v) is 5.08. The van der Waals surface area contributed by atoms with E-state index in [0.29, 0.717) is 0 Å². The Balaban J connectivity index is 2.06. The molecule has 1 aromatic rings. The predicted octanol–water partition coefficient (Wildman–Crippen LogP) is 2.88. The number of methoxy groups -OCH3 is 1. The number of benzene rings is 1. The van der Waals surface area contributed by atoms with Gasteiger partial charge in [0, 0.05) is 31.2 Å². The molecule has 1 aliphatic heterocycles. The first-order valence-corrected chi connectivity index (χ1v) is 6.93. The average molecular weight is 269 g/mol. The number of ether oxygens (including phenoxy) is 1. The molecular weight excluding hydrogens is 248 g/mol. The fraction of sp³-hybridized carbons (Fsp3) is 0.571. The van der Waals surface area contributed by atoms with Gasteiger partial charge >= 0.3 is 0 Å². The van der Waals surface area contributed by atoms with Crippen molar-refractivity contribution in [3.63, 3.8) is 0 Å². The van der Waals surface area contributed by atoms with E-state index in [1.807, 2.05) is 18.2 Å². The zero-order valence-electron chi connectivity index (χ0n) is 11.2. The first-order chi connectivity index (χ1) is 8.74. The molecule has 0 saturated carbocycles. The maximum Gasteiger partial charge on any atom is 0.142 e. The van der Waals surface area contributed by atoms with Gasteiger partial charge in [-0.2, -0.15) is 0 Å². The van der Waals surface area contributed by atoms with Crippen LogP contribution in [0.5, 0.6) is 5.75 Å². The van der Waals surface area contributed by atoms with E-state index in [1.165, 1.54) is 13.0 Å². The Bertz CT molecular complexity index is 389. The van der Waals surface area contributed by atoms with Crippen LogP contribution in [0.4, 0.5) is 5.69 Å². The Hall–Kier alpha value is -0.930. The summed E-state index contributed by atoms with van der Waals surface area (Å²) in [6.45, 7) is 7.73. The lowest BCUT2D eigenvalue weighted by Gasteiger charge is -2.36. The second-order valence-electron chi connectivity index (χ2n) is 4.64. The Morgan fingerprint density at radius 3 is 2.56 bits per heavy atom. The summed E-state index contributed by atoms with van der Waals surface area (Å²) in [6, 6.07) is 5.81. The lowest BCUT2D eigenvalue weighted by molar-refractivity contribution is 0.257. The highest BCUT2D eigenvalue weighted by atomic mass is 35.5. The van der Waals surface area contributed by atoms with Crippen molar-refractivity contribution in [2.75, 3.05) is 44.7 Å². The van der Waals surface area contributed by atoms with Gasteiger partial charge in [-0.1, -0.05) is 18.5 Å². The lowest BCUT2D eigenvalue weighted by atomic mass is 10.2. The minimum absolute atomic E-state index is 0.766. The quantitative estimate of drug-likeness (QED) is 0.835. The summed E-state index contributed by atoms with van der Waals surface area (Å²) in [5.74, 6) is 0.906. The van der Waals surface area contributed by atoms with Crippen molar-refractivity contribution in [1.82, 2.24) is 4.90 Å². The normalized spacial score (nSPS) is 16.9. The topological polar surface area (TPSA) is 15.7 Å². The van der Waals surface area contributed by atoms with Crippen LogP contribution in [0, 0.1) is 0 Å². The third kappa shape index (κ3) is 3.09. The Labute approximate surface area is 114 Å². The SMILES string of the molecule is CCCN1CCN(c2cc(Cl)ccc2OC)CC1. The first-order valence-electron chi connectivity index (χ1n) is 6.55. The molecular formula is C14H21ClN2O. The van der Waals surface area contributed by atoms with Gasteiger partial charge in [-0.05, 0) is 31.2 Å². The van der Waals surface area contributed by atoms with Gasteiger partial charge < -0.3 is 9.64 Å². The van der Waals surface area contributed by atoms with Gasteiger partial charge in [0.05, 0.1) is 12.8 Å². The molecule has 0 amide bonds. The van der Waals surface area contributed by atoms with Crippen LogP contribution in [-0.4, -0.2) is 44.7 Å². The summed E-state index contributed by atoms with van der Waals surface area (Å²) in [4.78, 5) is 4.87. The van der Waals surface area contributed by atoms with E-state index < -0.39 is 0 Å². The largest absolute Gasteiger partial charge is 0.495 e. The smallest absolute Gasteiger partial charge is 0.142 e. The zero-order chi connectivity index (χ0) is 13.0. The summed E-state index contributed by atoms with van der Waals surface area (Å²) in [5.41, 5.74) is 1.11. The first kappa shape index (κ1) is 13.5. The fourth-order valence-corrected chi connectivity index (χ4v) is 2.61. The van der Waals surface area contributed by atoms with Crippen LogP contribution in [0.15, 0.2) is 18.2 Å². The molecule has 3 nitrogen and oxygen atoms in total. The number of rotatable bonds is 4. The fourth-order valence-electron chi connectivity index (χ4n) is 2.44. The summed E-state index contributed by atoms with van der Waals surface area (Å²) >= 11 is 6.08. The van der Waals surface area contributed by atoms with Crippen LogP contribution < -0.4 is 9.64 Å². The van der Waals surface area contributed by atoms with Crippen molar-refractivity contribution in [1.29, 1.82) is 0 Å². The molecule has 0 radical (unpaired) electrons. The van der Waals surface area contributed by atoms with E-state index in [4.69, 9.17) is 16.3 Å². The standard InChI is InChI=1S/C14H21ClN2O/c1-3-6-16-7-9-17(10-8-16)13-11-12(15)4-5-14(13)18-2/h4-5,11H,3,6-10H2,1-2H3. The van der Waals surface area contributed by atoms with Crippen molar-refractivity contribution in [2.24, 2.45) is 0 Å². The van der Waals surface area contributed by atoms with Gasteiger partial charge in [0.15, 0.2) is 0 Å². The number of nitrogens with zero attached hydrogens (tertiary/aromatic N) is 2. The van der Waals surface area contributed by atoms with Crippen molar-refractivity contribution in [3.8, 4) is 5.75 Å². The van der Waals surface area contributed by atoms with E-state index in [-0.39, 0.29) is 0 Å². The van der Waals surface area contributed by atoms with Crippen molar-refractivity contribution in [3.05, 3.63) is 23.2 Å². The van der Waals surface area contributed by atoms with Crippen molar-refractivity contribution < 1.29 is 4.74 Å². The Morgan fingerprint density at radius 2 is 1.94 bits per heavy atom.